The number of nitrogens with zero attached hydrogens (tertiary/aromatic N) is 2. The van der Waals surface area contributed by atoms with Gasteiger partial charge in [-0.05, 0) is 19.1 Å². The first kappa shape index (κ1) is 15.7. The van der Waals surface area contributed by atoms with Crippen molar-refractivity contribution in [2.24, 2.45) is 5.92 Å². The third kappa shape index (κ3) is 3.30. The summed E-state index contributed by atoms with van der Waals surface area (Å²) >= 11 is 0. The van der Waals surface area contributed by atoms with Crippen LogP contribution in [0.1, 0.15) is 23.0 Å². The quantitative estimate of drug-likeness (QED) is 0.917. The third-order valence-electron chi connectivity index (χ3n) is 3.12. The maximum absolute atomic E-state index is 13.8. The Labute approximate surface area is 126 Å². The summed E-state index contributed by atoms with van der Waals surface area (Å²) in [6, 6.07) is 7.00. The van der Waals surface area contributed by atoms with Crippen LogP contribution >= 0.6 is 0 Å². The smallest absolute Gasteiger partial charge is 0.308 e. The van der Waals surface area contributed by atoms with Crippen LogP contribution in [0.25, 0.3) is 0 Å². The van der Waals surface area contributed by atoms with Crippen molar-refractivity contribution in [3.05, 3.63) is 47.5 Å². The van der Waals surface area contributed by atoms with Crippen molar-refractivity contribution in [1.29, 1.82) is 0 Å². The summed E-state index contributed by atoms with van der Waals surface area (Å²) in [5, 5.41) is 12.8. The number of rotatable bonds is 5. The van der Waals surface area contributed by atoms with Gasteiger partial charge in [0.05, 0.1) is 11.5 Å². The van der Waals surface area contributed by atoms with Crippen molar-refractivity contribution in [2.75, 3.05) is 11.4 Å². The maximum Gasteiger partial charge on any atom is 0.308 e. The molecule has 1 atom stereocenters. The van der Waals surface area contributed by atoms with Crippen LogP contribution in [0.4, 0.5) is 10.2 Å². The molecule has 22 heavy (non-hydrogen) atoms. The molecule has 0 bridgehead atoms. The average molecular weight is 306 g/mol. The second kappa shape index (κ2) is 6.38. The Balaban J connectivity index is 2.37. The lowest BCUT2D eigenvalue weighted by molar-refractivity contribution is -0.140. The van der Waals surface area contributed by atoms with Crippen LogP contribution in [0.15, 0.2) is 34.9 Å². The molecule has 1 aromatic carbocycles. The van der Waals surface area contributed by atoms with Crippen molar-refractivity contribution in [3.8, 4) is 0 Å². The number of aromatic nitrogens is 1. The summed E-state index contributed by atoms with van der Waals surface area (Å²) in [5.41, 5.74) is -0.152. The fourth-order valence-corrected chi connectivity index (χ4v) is 1.89. The van der Waals surface area contributed by atoms with Gasteiger partial charge >= 0.3 is 5.97 Å². The molecule has 1 heterocycles. The highest BCUT2D eigenvalue weighted by Crippen LogP contribution is 2.20. The molecule has 1 unspecified atom stereocenters. The average Bonchev–Trinajstić information content (AvgIpc) is 2.90. The number of carbonyl (C=O) groups excluding carboxylic acids is 1. The summed E-state index contributed by atoms with van der Waals surface area (Å²) < 4.78 is 18.7. The van der Waals surface area contributed by atoms with Gasteiger partial charge in [0.1, 0.15) is 11.6 Å². The topological polar surface area (TPSA) is 83.6 Å². The highest BCUT2D eigenvalue weighted by Gasteiger charge is 2.26. The van der Waals surface area contributed by atoms with Crippen molar-refractivity contribution in [3.63, 3.8) is 0 Å². The Hall–Kier alpha value is -2.70. The molecule has 116 valence electrons. The Morgan fingerprint density at radius 1 is 1.41 bits per heavy atom. The number of benzene rings is 1. The minimum absolute atomic E-state index is 0.144. The van der Waals surface area contributed by atoms with E-state index < -0.39 is 23.6 Å². The molecule has 0 aliphatic rings. The minimum Gasteiger partial charge on any atom is -0.481 e. The van der Waals surface area contributed by atoms with Gasteiger partial charge in [-0.3, -0.25) is 14.5 Å². The zero-order valence-corrected chi connectivity index (χ0v) is 12.1. The number of carbonyl (C=O) groups is 2. The van der Waals surface area contributed by atoms with E-state index in [-0.39, 0.29) is 17.9 Å². The summed E-state index contributed by atoms with van der Waals surface area (Å²) in [6.45, 7) is 2.95. The fraction of sp³-hybridized carbons (Fsp3) is 0.267. The molecule has 0 saturated carbocycles. The number of aryl methyl sites for hydroxylation is 1. The van der Waals surface area contributed by atoms with E-state index >= 15 is 0 Å². The predicted molar refractivity (Wildman–Crippen MR) is 76.1 cm³/mol. The number of carboxylic acids is 1. The number of carboxylic acid groups (broad SMARTS) is 1. The number of hydrogen-bond donors (Lipinski definition) is 1. The third-order valence-corrected chi connectivity index (χ3v) is 3.12. The van der Waals surface area contributed by atoms with Crippen molar-refractivity contribution >= 4 is 17.7 Å². The molecule has 7 heteroatoms. The number of halogens is 1. The second-order valence-corrected chi connectivity index (χ2v) is 4.93. The molecule has 0 aliphatic carbocycles. The van der Waals surface area contributed by atoms with Crippen LogP contribution in [0.5, 0.6) is 0 Å². The van der Waals surface area contributed by atoms with E-state index in [1.54, 1.807) is 6.92 Å². The van der Waals surface area contributed by atoms with Crippen LogP contribution in [0.3, 0.4) is 0 Å². The first-order valence-electron chi connectivity index (χ1n) is 6.62. The molecule has 0 saturated heterocycles. The molecule has 6 nitrogen and oxygen atoms in total. The van der Waals surface area contributed by atoms with Crippen molar-refractivity contribution in [2.45, 2.75) is 13.8 Å². The summed E-state index contributed by atoms with van der Waals surface area (Å²) in [7, 11) is 0. The van der Waals surface area contributed by atoms with Gasteiger partial charge < -0.3 is 9.63 Å². The normalized spacial score (nSPS) is 12.0. The first-order chi connectivity index (χ1) is 10.4. The lowest BCUT2D eigenvalue weighted by Gasteiger charge is -2.22. The molecule has 2 rings (SSSR count). The first-order valence-corrected chi connectivity index (χ1v) is 6.62. The van der Waals surface area contributed by atoms with Crippen LogP contribution < -0.4 is 4.90 Å². The van der Waals surface area contributed by atoms with Gasteiger partial charge in [0, 0.05) is 12.6 Å². The molecule has 1 amide bonds. The molecule has 1 N–H and O–H groups in total. The highest BCUT2D eigenvalue weighted by molar-refractivity contribution is 6.06. The van der Waals surface area contributed by atoms with Gasteiger partial charge in [-0.1, -0.05) is 24.2 Å². The molecule has 1 aromatic heterocycles. The standard InChI is InChI=1S/C15H15FN2O4/c1-9(15(20)21)8-18(13-7-10(2)22-17-13)14(19)11-5-3-4-6-12(11)16/h3-7,9H,8H2,1-2H3,(H,20,21). The Morgan fingerprint density at radius 2 is 2.09 bits per heavy atom. The highest BCUT2D eigenvalue weighted by atomic mass is 19.1. The zero-order chi connectivity index (χ0) is 16.3. The van der Waals surface area contributed by atoms with Crippen LogP contribution in [0, 0.1) is 18.7 Å². The van der Waals surface area contributed by atoms with Gasteiger partial charge in [-0.2, -0.15) is 0 Å². The Bertz CT molecular complexity index is 698. The van der Waals surface area contributed by atoms with E-state index in [2.05, 4.69) is 5.16 Å². The molecular formula is C15H15FN2O4. The van der Waals surface area contributed by atoms with Gasteiger partial charge in [0.15, 0.2) is 5.82 Å². The lowest BCUT2D eigenvalue weighted by atomic mass is 10.1. The summed E-state index contributed by atoms with van der Waals surface area (Å²) in [4.78, 5) is 24.7. The molecule has 2 aromatic rings. The number of aliphatic carboxylic acids is 1. The molecular weight excluding hydrogens is 291 g/mol. The Morgan fingerprint density at radius 3 is 2.64 bits per heavy atom. The van der Waals surface area contributed by atoms with Crippen molar-refractivity contribution < 1.29 is 23.6 Å². The largest absolute Gasteiger partial charge is 0.481 e. The van der Waals surface area contributed by atoms with E-state index in [1.807, 2.05) is 0 Å². The van der Waals surface area contributed by atoms with Gasteiger partial charge in [0.2, 0.25) is 0 Å². The SMILES string of the molecule is Cc1cc(N(CC(C)C(=O)O)C(=O)c2ccccc2F)no1. The second-order valence-electron chi connectivity index (χ2n) is 4.93. The molecule has 0 spiro atoms. The number of hydrogen-bond acceptors (Lipinski definition) is 4. The number of anilines is 1. The van der Waals surface area contributed by atoms with Crippen LogP contribution in [-0.4, -0.2) is 28.7 Å². The fourth-order valence-electron chi connectivity index (χ4n) is 1.89. The summed E-state index contributed by atoms with van der Waals surface area (Å²) in [6.07, 6.45) is 0. The zero-order valence-electron chi connectivity index (χ0n) is 12.1. The van der Waals surface area contributed by atoms with Gasteiger partial charge in [-0.15, -0.1) is 0 Å². The van der Waals surface area contributed by atoms with Crippen molar-refractivity contribution in [1.82, 2.24) is 5.16 Å². The van der Waals surface area contributed by atoms with Gasteiger partial charge in [-0.25, -0.2) is 4.39 Å². The van der Waals surface area contributed by atoms with E-state index in [0.717, 1.165) is 4.90 Å². The summed E-state index contributed by atoms with van der Waals surface area (Å²) in [5.74, 6) is -2.64. The van der Waals surface area contributed by atoms with E-state index in [4.69, 9.17) is 9.63 Å². The number of amides is 1. The predicted octanol–water partition coefficient (Wildman–Crippen LogP) is 2.49. The monoisotopic (exact) mass is 306 g/mol. The molecule has 0 radical (unpaired) electrons. The van der Waals surface area contributed by atoms with E-state index in [1.165, 1.54) is 37.3 Å². The Kier molecular flexibility index (Phi) is 4.55. The molecule has 0 fully saturated rings. The maximum atomic E-state index is 13.8. The van der Waals surface area contributed by atoms with Crippen LogP contribution in [-0.2, 0) is 4.79 Å². The van der Waals surface area contributed by atoms with E-state index in [9.17, 15) is 14.0 Å². The minimum atomic E-state index is -1.06. The lowest BCUT2D eigenvalue weighted by Crippen LogP contribution is -2.37. The molecule has 0 aliphatic heterocycles. The van der Waals surface area contributed by atoms with E-state index in [0.29, 0.717) is 5.76 Å². The van der Waals surface area contributed by atoms with Crippen LogP contribution in [0.2, 0.25) is 0 Å². The van der Waals surface area contributed by atoms with Gasteiger partial charge in [0.25, 0.3) is 5.91 Å².